The lowest BCUT2D eigenvalue weighted by molar-refractivity contribution is 0.356. The lowest BCUT2D eigenvalue weighted by Crippen LogP contribution is -1.93. The summed E-state index contributed by atoms with van der Waals surface area (Å²) < 4.78 is 16.0. The third kappa shape index (κ3) is 2.25. The number of para-hydroxylation sites is 1. The minimum absolute atomic E-state index is 0.720. The number of hydrogen-bond donors (Lipinski definition) is 0. The van der Waals surface area contributed by atoms with E-state index < -0.39 is 0 Å². The molecule has 0 amide bonds. The molecule has 94 valence electrons. The Bertz CT molecular complexity index is 535. The van der Waals surface area contributed by atoms with Gasteiger partial charge in [-0.1, -0.05) is 24.3 Å². The van der Waals surface area contributed by atoms with Crippen LogP contribution in [0.15, 0.2) is 42.5 Å². The van der Waals surface area contributed by atoms with Crippen molar-refractivity contribution in [3.8, 4) is 28.4 Å². The number of rotatable bonds is 4. The summed E-state index contributed by atoms with van der Waals surface area (Å²) in [5.41, 5.74) is 2.01. The number of benzene rings is 2. The van der Waals surface area contributed by atoms with Gasteiger partial charge in [0.15, 0.2) is 11.5 Å². The largest absolute Gasteiger partial charge is 0.497 e. The molecule has 0 bridgehead atoms. The maximum absolute atomic E-state index is 5.43. The Morgan fingerprint density at radius 1 is 0.778 bits per heavy atom. The van der Waals surface area contributed by atoms with E-state index in [1.54, 1.807) is 21.3 Å². The van der Waals surface area contributed by atoms with Crippen LogP contribution in [0.3, 0.4) is 0 Å². The average molecular weight is 244 g/mol. The van der Waals surface area contributed by atoms with Crippen molar-refractivity contribution in [2.45, 2.75) is 0 Å². The van der Waals surface area contributed by atoms with E-state index in [9.17, 15) is 0 Å². The molecule has 0 saturated carbocycles. The molecule has 0 aliphatic heterocycles. The van der Waals surface area contributed by atoms with Crippen LogP contribution >= 0.6 is 0 Å². The number of methoxy groups -OCH3 is 3. The van der Waals surface area contributed by atoms with Gasteiger partial charge in [-0.25, -0.2) is 0 Å². The fourth-order valence-electron chi connectivity index (χ4n) is 1.91. The molecular formula is C15H16O3. The molecular weight excluding hydrogens is 228 g/mol. The zero-order valence-electron chi connectivity index (χ0n) is 10.8. The summed E-state index contributed by atoms with van der Waals surface area (Å²) in [6.07, 6.45) is 0. The van der Waals surface area contributed by atoms with Gasteiger partial charge in [-0.2, -0.15) is 0 Å². The Labute approximate surface area is 107 Å². The molecule has 0 atom stereocenters. The van der Waals surface area contributed by atoms with Crippen LogP contribution in [0.2, 0.25) is 0 Å². The SMILES string of the molecule is COc1cccc(-c2cccc(OC)c2OC)c1. The van der Waals surface area contributed by atoms with E-state index in [0.717, 1.165) is 28.4 Å². The predicted molar refractivity (Wildman–Crippen MR) is 71.5 cm³/mol. The van der Waals surface area contributed by atoms with Crippen LogP contribution < -0.4 is 14.2 Å². The van der Waals surface area contributed by atoms with Gasteiger partial charge in [-0.3, -0.25) is 0 Å². The van der Waals surface area contributed by atoms with Crippen molar-refractivity contribution in [3.63, 3.8) is 0 Å². The lowest BCUT2D eigenvalue weighted by atomic mass is 10.0. The first-order valence-corrected chi connectivity index (χ1v) is 5.65. The van der Waals surface area contributed by atoms with E-state index in [1.807, 2.05) is 42.5 Å². The lowest BCUT2D eigenvalue weighted by Gasteiger charge is -2.13. The van der Waals surface area contributed by atoms with Gasteiger partial charge in [0, 0.05) is 5.56 Å². The van der Waals surface area contributed by atoms with Crippen LogP contribution in [-0.4, -0.2) is 21.3 Å². The first-order valence-electron chi connectivity index (χ1n) is 5.65. The van der Waals surface area contributed by atoms with Crippen LogP contribution in [-0.2, 0) is 0 Å². The zero-order valence-corrected chi connectivity index (χ0v) is 10.8. The van der Waals surface area contributed by atoms with E-state index in [1.165, 1.54) is 0 Å². The molecule has 0 unspecified atom stereocenters. The van der Waals surface area contributed by atoms with Gasteiger partial charge in [0.1, 0.15) is 5.75 Å². The maximum Gasteiger partial charge on any atom is 0.168 e. The Kier molecular flexibility index (Phi) is 3.72. The Morgan fingerprint density at radius 3 is 2.22 bits per heavy atom. The molecule has 0 fully saturated rings. The molecule has 0 aromatic heterocycles. The fraction of sp³-hybridized carbons (Fsp3) is 0.200. The molecule has 0 aliphatic rings. The normalized spacial score (nSPS) is 9.94. The van der Waals surface area contributed by atoms with Crippen LogP contribution in [0.5, 0.6) is 17.2 Å². The monoisotopic (exact) mass is 244 g/mol. The van der Waals surface area contributed by atoms with Gasteiger partial charge in [0.25, 0.3) is 0 Å². The molecule has 0 spiro atoms. The van der Waals surface area contributed by atoms with Crippen molar-refractivity contribution in [1.29, 1.82) is 0 Å². The zero-order chi connectivity index (χ0) is 13.0. The minimum Gasteiger partial charge on any atom is -0.497 e. The van der Waals surface area contributed by atoms with Gasteiger partial charge < -0.3 is 14.2 Å². The minimum atomic E-state index is 0.720. The first-order chi connectivity index (χ1) is 8.80. The summed E-state index contributed by atoms with van der Waals surface area (Å²) in [7, 11) is 4.93. The van der Waals surface area contributed by atoms with Crippen molar-refractivity contribution in [1.82, 2.24) is 0 Å². The quantitative estimate of drug-likeness (QED) is 0.825. The topological polar surface area (TPSA) is 27.7 Å². The van der Waals surface area contributed by atoms with E-state index in [-0.39, 0.29) is 0 Å². The second-order valence-corrected chi connectivity index (χ2v) is 3.77. The summed E-state index contributed by atoms with van der Waals surface area (Å²) in [4.78, 5) is 0. The first kappa shape index (κ1) is 12.3. The van der Waals surface area contributed by atoms with Gasteiger partial charge in [0.05, 0.1) is 21.3 Å². The predicted octanol–water partition coefficient (Wildman–Crippen LogP) is 3.38. The summed E-state index contributed by atoms with van der Waals surface area (Å²) in [5.74, 6) is 2.27. The highest BCUT2D eigenvalue weighted by molar-refractivity contribution is 5.74. The summed E-state index contributed by atoms with van der Waals surface area (Å²) in [6.45, 7) is 0. The Balaban J connectivity index is 2.55. The molecule has 0 heterocycles. The van der Waals surface area contributed by atoms with Crippen LogP contribution in [0.25, 0.3) is 11.1 Å². The van der Waals surface area contributed by atoms with E-state index in [2.05, 4.69) is 0 Å². The smallest absolute Gasteiger partial charge is 0.168 e. The van der Waals surface area contributed by atoms with Gasteiger partial charge >= 0.3 is 0 Å². The third-order valence-electron chi connectivity index (χ3n) is 2.78. The third-order valence-corrected chi connectivity index (χ3v) is 2.78. The van der Waals surface area contributed by atoms with Gasteiger partial charge in [-0.05, 0) is 23.8 Å². The molecule has 2 aromatic rings. The van der Waals surface area contributed by atoms with Crippen molar-refractivity contribution in [2.75, 3.05) is 21.3 Å². The highest BCUT2D eigenvalue weighted by Crippen LogP contribution is 2.38. The van der Waals surface area contributed by atoms with E-state index in [0.29, 0.717) is 0 Å². The molecule has 2 rings (SSSR count). The second-order valence-electron chi connectivity index (χ2n) is 3.77. The molecule has 3 nitrogen and oxygen atoms in total. The summed E-state index contributed by atoms with van der Waals surface area (Å²) >= 11 is 0. The number of ether oxygens (including phenoxy) is 3. The highest BCUT2D eigenvalue weighted by atomic mass is 16.5. The molecule has 18 heavy (non-hydrogen) atoms. The average Bonchev–Trinajstić information content (AvgIpc) is 2.46. The Hall–Kier alpha value is -2.16. The highest BCUT2D eigenvalue weighted by Gasteiger charge is 2.11. The fourth-order valence-corrected chi connectivity index (χ4v) is 1.91. The van der Waals surface area contributed by atoms with Crippen molar-refractivity contribution in [2.24, 2.45) is 0 Å². The van der Waals surface area contributed by atoms with Crippen LogP contribution in [0.4, 0.5) is 0 Å². The molecule has 2 aromatic carbocycles. The molecule has 0 radical (unpaired) electrons. The van der Waals surface area contributed by atoms with Crippen molar-refractivity contribution in [3.05, 3.63) is 42.5 Å². The van der Waals surface area contributed by atoms with Crippen LogP contribution in [0.1, 0.15) is 0 Å². The summed E-state index contributed by atoms with van der Waals surface area (Å²) in [6, 6.07) is 13.7. The Morgan fingerprint density at radius 2 is 1.56 bits per heavy atom. The molecule has 0 aliphatic carbocycles. The van der Waals surface area contributed by atoms with Crippen LogP contribution in [0, 0.1) is 0 Å². The van der Waals surface area contributed by atoms with E-state index >= 15 is 0 Å². The molecule has 0 saturated heterocycles. The van der Waals surface area contributed by atoms with Gasteiger partial charge in [-0.15, -0.1) is 0 Å². The maximum atomic E-state index is 5.43. The van der Waals surface area contributed by atoms with Gasteiger partial charge in [0.2, 0.25) is 0 Å². The molecule has 3 heteroatoms. The van der Waals surface area contributed by atoms with Crippen molar-refractivity contribution >= 4 is 0 Å². The summed E-state index contributed by atoms with van der Waals surface area (Å²) in [5, 5.41) is 0. The molecule has 0 N–H and O–H groups in total. The standard InChI is InChI=1S/C15H16O3/c1-16-12-7-4-6-11(10-12)13-8-5-9-14(17-2)15(13)18-3/h4-10H,1-3H3. The number of hydrogen-bond acceptors (Lipinski definition) is 3. The van der Waals surface area contributed by atoms with E-state index in [4.69, 9.17) is 14.2 Å². The second kappa shape index (κ2) is 5.45. The van der Waals surface area contributed by atoms with Crippen molar-refractivity contribution < 1.29 is 14.2 Å².